The number of hydrogen-bond acceptors (Lipinski definition) is 2. The lowest BCUT2D eigenvalue weighted by molar-refractivity contribution is -0.131. The molecule has 2 aromatic rings. The van der Waals surface area contributed by atoms with Gasteiger partial charge in [0.05, 0.1) is 16.5 Å². The van der Waals surface area contributed by atoms with E-state index in [2.05, 4.69) is 0 Å². The van der Waals surface area contributed by atoms with Crippen LogP contribution in [0.4, 0.5) is 0 Å². The summed E-state index contributed by atoms with van der Waals surface area (Å²) in [5, 5.41) is 0.790. The van der Waals surface area contributed by atoms with Crippen LogP contribution >= 0.6 is 23.2 Å². The number of nitrogens with zero attached hydrogens (tertiary/aromatic N) is 2. The van der Waals surface area contributed by atoms with Crippen molar-refractivity contribution in [2.75, 3.05) is 26.2 Å². The molecular formula is C19H18Cl2N2O2. The van der Waals surface area contributed by atoms with Crippen molar-refractivity contribution in [1.29, 1.82) is 0 Å². The molecule has 3 rings (SSSR count). The van der Waals surface area contributed by atoms with Gasteiger partial charge in [-0.3, -0.25) is 9.59 Å². The highest BCUT2D eigenvalue weighted by atomic mass is 35.5. The van der Waals surface area contributed by atoms with E-state index < -0.39 is 0 Å². The summed E-state index contributed by atoms with van der Waals surface area (Å²) in [5.41, 5.74) is 1.51. The van der Waals surface area contributed by atoms with Crippen molar-refractivity contribution < 1.29 is 9.59 Å². The summed E-state index contributed by atoms with van der Waals surface area (Å²) in [6.45, 7) is 2.11. The van der Waals surface area contributed by atoms with Gasteiger partial charge in [-0.25, -0.2) is 0 Å². The molecule has 0 spiro atoms. The van der Waals surface area contributed by atoms with Crippen LogP contribution in [0.25, 0.3) is 0 Å². The number of amides is 2. The minimum Gasteiger partial charge on any atom is -0.339 e. The predicted molar refractivity (Wildman–Crippen MR) is 99.1 cm³/mol. The van der Waals surface area contributed by atoms with Gasteiger partial charge in [0.25, 0.3) is 5.91 Å². The lowest BCUT2D eigenvalue weighted by atomic mass is 10.1. The molecule has 130 valence electrons. The van der Waals surface area contributed by atoms with Crippen LogP contribution in [-0.4, -0.2) is 47.8 Å². The zero-order valence-corrected chi connectivity index (χ0v) is 15.1. The van der Waals surface area contributed by atoms with Crippen molar-refractivity contribution in [2.24, 2.45) is 0 Å². The molecule has 2 amide bonds. The van der Waals surface area contributed by atoms with Crippen LogP contribution in [0.1, 0.15) is 15.9 Å². The zero-order chi connectivity index (χ0) is 17.8. The minimum atomic E-state index is -0.0891. The number of carbonyl (C=O) groups is 2. The van der Waals surface area contributed by atoms with E-state index in [0.29, 0.717) is 48.2 Å². The molecule has 2 aromatic carbocycles. The van der Waals surface area contributed by atoms with Gasteiger partial charge in [0, 0.05) is 31.7 Å². The summed E-state index contributed by atoms with van der Waals surface area (Å²) < 4.78 is 0. The predicted octanol–water partition coefficient (Wildman–Crippen LogP) is 3.52. The maximum absolute atomic E-state index is 12.6. The number of benzene rings is 2. The zero-order valence-electron chi connectivity index (χ0n) is 13.6. The molecule has 6 heteroatoms. The second kappa shape index (κ2) is 7.89. The lowest BCUT2D eigenvalue weighted by Crippen LogP contribution is -2.51. The normalized spacial score (nSPS) is 14.5. The Morgan fingerprint density at radius 2 is 1.48 bits per heavy atom. The fourth-order valence-electron chi connectivity index (χ4n) is 2.85. The van der Waals surface area contributed by atoms with Crippen molar-refractivity contribution in [3.8, 4) is 0 Å². The average Bonchev–Trinajstić information content (AvgIpc) is 2.64. The highest BCUT2D eigenvalue weighted by Gasteiger charge is 2.25. The third-order valence-corrected chi connectivity index (χ3v) is 5.02. The molecule has 1 heterocycles. The third-order valence-electron chi connectivity index (χ3n) is 4.28. The van der Waals surface area contributed by atoms with Gasteiger partial charge in [0.15, 0.2) is 0 Å². The molecule has 0 aromatic heterocycles. The van der Waals surface area contributed by atoms with E-state index in [1.165, 1.54) is 0 Å². The van der Waals surface area contributed by atoms with E-state index in [-0.39, 0.29) is 11.8 Å². The molecule has 0 atom stereocenters. The fourth-order valence-corrected chi connectivity index (χ4v) is 3.15. The van der Waals surface area contributed by atoms with Gasteiger partial charge in [-0.1, -0.05) is 53.5 Å². The topological polar surface area (TPSA) is 40.6 Å². The van der Waals surface area contributed by atoms with Gasteiger partial charge >= 0.3 is 0 Å². The van der Waals surface area contributed by atoms with Gasteiger partial charge in [-0.05, 0) is 23.8 Å². The lowest BCUT2D eigenvalue weighted by Gasteiger charge is -2.35. The van der Waals surface area contributed by atoms with E-state index in [4.69, 9.17) is 23.2 Å². The van der Waals surface area contributed by atoms with Gasteiger partial charge in [-0.15, -0.1) is 0 Å². The van der Waals surface area contributed by atoms with Crippen molar-refractivity contribution in [2.45, 2.75) is 6.42 Å². The highest BCUT2D eigenvalue weighted by molar-refractivity contribution is 6.42. The minimum absolute atomic E-state index is 0.0891. The molecule has 1 saturated heterocycles. The standard InChI is InChI=1S/C19H18Cl2N2O2/c20-16-7-6-15(13-17(16)21)19(25)23-10-8-22(9-11-23)18(24)12-14-4-2-1-3-5-14/h1-7,13H,8-12H2. The van der Waals surface area contributed by atoms with Gasteiger partial charge in [0.2, 0.25) is 5.91 Å². The van der Waals surface area contributed by atoms with Gasteiger partial charge in [-0.2, -0.15) is 0 Å². The van der Waals surface area contributed by atoms with Crippen molar-refractivity contribution >= 4 is 35.0 Å². The maximum Gasteiger partial charge on any atom is 0.254 e. The van der Waals surface area contributed by atoms with Crippen molar-refractivity contribution in [1.82, 2.24) is 9.80 Å². The number of halogens is 2. The maximum atomic E-state index is 12.6. The Balaban J connectivity index is 1.57. The molecule has 1 aliphatic rings. The monoisotopic (exact) mass is 376 g/mol. The first kappa shape index (κ1) is 17.8. The largest absolute Gasteiger partial charge is 0.339 e. The average molecular weight is 377 g/mol. The summed E-state index contributed by atoms with van der Waals surface area (Å²) in [5.74, 6) is 0.00145. The first-order valence-corrected chi connectivity index (χ1v) is 8.86. The Labute approximate surface area is 156 Å². The van der Waals surface area contributed by atoms with Crippen LogP contribution in [-0.2, 0) is 11.2 Å². The molecular weight excluding hydrogens is 359 g/mol. The van der Waals surface area contributed by atoms with Gasteiger partial charge in [0.1, 0.15) is 0 Å². The summed E-state index contributed by atoms with van der Waals surface area (Å²) >= 11 is 11.9. The quantitative estimate of drug-likeness (QED) is 0.821. The second-order valence-electron chi connectivity index (χ2n) is 5.96. The third kappa shape index (κ3) is 4.33. The van der Waals surface area contributed by atoms with E-state index in [1.54, 1.807) is 23.1 Å². The molecule has 0 bridgehead atoms. The number of hydrogen-bond donors (Lipinski definition) is 0. The van der Waals surface area contributed by atoms with Crippen LogP contribution < -0.4 is 0 Å². The molecule has 1 fully saturated rings. The number of rotatable bonds is 3. The Morgan fingerprint density at radius 3 is 2.12 bits per heavy atom. The van der Waals surface area contributed by atoms with Gasteiger partial charge < -0.3 is 9.80 Å². The molecule has 0 unspecified atom stereocenters. The molecule has 0 radical (unpaired) electrons. The first-order chi connectivity index (χ1) is 12.0. The Bertz CT molecular complexity index is 772. The summed E-state index contributed by atoms with van der Waals surface area (Å²) in [4.78, 5) is 28.5. The molecule has 0 aliphatic carbocycles. The van der Waals surface area contributed by atoms with Crippen LogP contribution in [0.5, 0.6) is 0 Å². The fraction of sp³-hybridized carbons (Fsp3) is 0.263. The first-order valence-electron chi connectivity index (χ1n) is 8.10. The highest BCUT2D eigenvalue weighted by Crippen LogP contribution is 2.23. The molecule has 0 saturated carbocycles. The molecule has 25 heavy (non-hydrogen) atoms. The van der Waals surface area contributed by atoms with Crippen LogP contribution in [0.2, 0.25) is 10.0 Å². The molecule has 1 aliphatic heterocycles. The summed E-state index contributed by atoms with van der Waals surface area (Å²) in [6, 6.07) is 14.6. The van der Waals surface area contributed by atoms with Crippen molar-refractivity contribution in [3.63, 3.8) is 0 Å². The SMILES string of the molecule is O=C(Cc1ccccc1)N1CCN(C(=O)c2ccc(Cl)c(Cl)c2)CC1. The Hall–Kier alpha value is -2.04. The van der Waals surface area contributed by atoms with Crippen molar-refractivity contribution in [3.05, 3.63) is 69.7 Å². The summed E-state index contributed by atoms with van der Waals surface area (Å²) in [7, 11) is 0. The Morgan fingerprint density at radius 1 is 0.840 bits per heavy atom. The molecule has 0 N–H and O–H groups in total. The van der Waals surface area contributed by atoms with Crippen LogP contribution in [0.3, 0.4) is 0 Å². The van der Waals surface area contributed by atoms with Crippen LogP contribution in [0, 0.1) is 0 Å². The van der Waals surface area contributed by atoms with E-state index in [0.717, 1.165) is 5.56 Å². The number of piperazine rings is 1. The number of carbonyl (C=O) groups excluding carboxylic acids is 2. The Kier molecular flexibility index (Phi) is 5.61. The van der Waals surface area contributed by atoms with E-state index in [1.807, 2.05) is 35.2 Å². The smallest absolute Gasteiger partial charge is 0.254 e. The second-order valence-corrected chi connectivity index (χ2v) is 6.78. The van der Waals surface area contributed by atoms with E-state index >= 15 is 0 Å². The summed E-state index contributed by atoms with van der Waals surface area (Å²) in [6.07, 6.45) is 0.390. The van der Waals surface area contributed by atoms with E-state index in [9.17, 15) is 9.59 Å². The molecule has 4 nitrogen and oxygen atoms in total. The van der Waals surface area contributed by atoms with Crippen LogP contribution in [0.15, 0.2) is 48.5 Å².